The highest BCUT2D eigenvalue weighted by molar-refractivity contribution is 4.87. The van der Waals surface area contributed by atoms with E-state index in [0.29, 0.717) is 12.7 Å². The molecule has 3 heteroatoms. The van der Waals surface area contributed by atoms with Crippen LogP contribution in [0.5, 0.6) is 0 Å². The molecule has 1 saturated heterocycles. The van der Waals surface area contributed by atoms with Crippen LogP contribution in [0, 0.1) is 0 Å². The average Bonchev–Trinajstić information content (AvgIpc) is 2.74. The van der Waals surface area contributed by atoms with Crippen LogP contribution in [0.1, 0.15) is 32.6 Å². The van der Waals surface area contributed by atoms with Gasteiger partial charge in [-0.05, 0) is 32.6 Å². The Morgan fingerprint density at radius 3 is 2.69 bits per heavy atom. The third kappa shape index (κ3) is 6.99. The highest BCUT2D eigenvalue weighted by atomic mass is 16.5. The summed E-state index contributed by atoms with van der Waals surface area (Å²) in [6, 6.07) is 0. The molecule has 0 aliphatic carbocycles. The molecule has 0 amide bonds. The fourth-order valence-corrected chi connectivity index (χ4v) is 1.65. The highest BCUT2D eigenvalue weighted by Gasteiger charge is 2.14. The van der Waals surface area contributed by atoms with Gasteiger partial charge in [0, 0.05) is 19.8 Å². The molecule has 0 spiro atoms. The zero-order valence-electron chi connectivity index (χ0n) is 10.4. The lowest BCUT2D eigenvalue weighted by Gasteiger charge is -2.09. The van der Waals surface area contributed by atoms with Crippen molar-refractivity contribution in [2.75, 3.05) is 33.0 Å². The molecule has 1 fully saturated rings. The number of ether oxygens (including phenoxy) is 3. The van der Waals surface area contributed by atoms with Crippen LogP contribution in [0.2, 0.25) is 0 Å². The first-order valence-electron chi connectivity index (χ1n) is 6.20. The Hall–Kier alpha value is -0.380. The third-order valence-electron chi connectivity index (χ3n) is 2.50. The maximum atomic E-state index is 5.55. The topological polar surface area (TPSA) is 27.7 Å². The van der Waals surface area contributed by atoms with Crippen LogP contribution in [0.15, 0.2) is 12.2 Å². The molecule has 1 rings (SSSR count). The van der Waals surface area contributed by atoms with Crippen molar-refractivity contribution in [2.45, 2.75) is 38.7 Å². The van der Waals surface area contributed by atoms with Crippen LogP contribution < -0.4 is 0 Å². The summed E-state index contributed by atoms with van der Waals surface area (Å²) in [7, 11) is 0. The van der Waals surface area contributed by atoms with Crippen molar-refractivity contribution in [1.82, 2.24) is 0 Å². The van der Waals surface area contributed by atoms with Gasteiger partial charge in [0.05, 0.1) is 19.3 Å². The predicted octanol–water partition coefficient (Wildman–Crippen LogP) is 2.55. The quantitative estimate of drug-likeness (QED) is 0.448. The summed E-state index contributed by atoms with van der Waals surface area (Å²) in [5.74, 6) is 0. The molecule has 0 aromatic carbocycles. The molecule has 0 N–H and O–H groups in total. The first-order chi connectivity index (χ1) is 7.79. The second kappa shape index (κ2) is 8.74. The van der Waals surface area contributed by atoms with Gasteiger partial charge < -0.3 is 14.2 Å². The zero-order valence-corrected chi connectivity index (χ0v) is 10.4. The molecule has 3 nitrogen and oxygen atoms in total. The van der Waals surface area contributed by atoms with Gasteiger partial charge >= 0.3 is 0 Å². The van der Waals surface area contributed by atoms with Crippen molar-refractivity contribution in [3.05, 3.63) is 12.2 Å². The minimum atomic E-state index is 0.347. The summed E-state index contributed by atoms with van der Waals surface area (Å²) in [6.07, 6.45) is 4.80. The maximum Gasteiger partial charge on any atom is 0.0809 e. The molecule has 1 atom stereocenters. The van der Waals surface area contributed by atoms with Crippen LogP contribution in [0.3, 0.4) is 0 Å². The van der Waals surface area contributed by atoms with Gasteiger partial charge in [0.15, 0.2) is 0 Å². The molecular weight excluding hydrogens is 204 g/mol. The Morgan fingerprint density at radius 1 is 1.31 bits per heavy atom. The van der Waals surface area contributed by atoms with Gasteiger partial charge in [-0.25, -0.2) is 0 Å². The molecule has 1 aliphatic rings. The van der Waals surface area contributed by atoms with Gasteiger partial charge in [-0.1, -0.05) is 12.2 Å². The van der Waals surface area contributed by atoms with E-state index >= 15 is 0 Å². The summed E-state index contributed by atoms with van der Waals surface area (Å²) in [6.45, 7) is 9.72. The Labute approximate surface area is 98.8 Å². The fourth-order valence-electron chi connectivity index (χ4n) is 1.65. The van der Waals surface area contributed by atoms with Crippen molar-refractivity contribution < 1.29 is 14.2 Å². The van der Waals surface area contributed by atoms with E-state index in [-0.39, 0.29) is 0 Å². The molecule has 0 saturated carbocycles. The normalized spacial score (nSPS) is 20.2. The number of unbranched alkanes of at least 4 members (excludes halogenated alkanes) is 1. The van der Waals surface area contributed by atoms with Gasteiger partial charge in [-0.3, -0.25) is 0 Å². The van der Waals surface area contributed by atoms with E-state index in [1.807, 2.05) is 6.92 Å². The molecule has 94 valence electrons. The average molecular weight is 228 g/mol. The van der Waals surface area contributed by atoms with Gasteiger partial charge in [0.2, 0.25) is 0 Å². The van der Waals surface area contributed by atoms with Crippen LogP contribution in [0.4, 0.5) is 0 Å². The summed E-state index contributed by atoms with van der Waals surface area (Å²) >= 11 is 0. The van der Waals surface area contributed by atoms with Crippen molar-refractivity contribution in [3.8, 4) is 0 Å². The van der Waals surface area contributed by atoms with Crippen molar-refractivity contribution in [3.63, 3.8) is 0 Å². The molecule has 0 aromatic rings. The Bertz CT molecular complexity index is 186. The number of hydrogen-bond donors (Lipinski definition) is 0. The molecule has 1 heterocycles. The first kappa shape index (κ1) is 13.7. The largest absolute Gasteiger partial charge is 0.379 e. The van der Waals surface area contributed by atoms with E-state index < -0.39 is 0 Å². The summed E-state index contributed by atoms with van der Waals surface area (Å²) in [5, 5.41) is 0. The minimum Gasteiger partial charge on any atom is -0.379 e. The lowest BCUT2D eigenvalue weighted by atomic mass is 10.2. The Kier molecular flexibility index (Phi) is 7.47. The van der Waals surface area contributed by atoms with Crippen LogP contribution >= 0.6 is 0 Å². The third-order valence-corrected chi connectivity index (χ3v) is 2.50. The smallest absolute Gasteiger partial charge is 0.0809 e. The molecule has 0 bridgehead atoms. The van der Waals surface area contributed by atoms with Gasteiger partial charge in [0.1, 0.15) is 0 Å². The van der Waals surface area contributed by atoms with E-state index in [1.165, 1.54) is 6.42 Å². The summed E-state index contributed by atoms with van der Waals surface area (Å²) in [4.78, 5) is 0. The van der Waals surface area contributed by atoms with Crippen molar-refractivity contribution in [2.24, 2.45) is 0 Å². The monoisotopic (exact) mass is 228 g/mol. The van der Waals surface area contributed by atoms with Gasteiger partial charge in [-0.15, -0.1) is 0 Å². The van der Waals surface area contributed by atoms with Gasteiger partial charge in [0.25, 0.3) is 0 Å². The highest BCUT2D eigenvalue weighted by Crippen LogP contribution is 2.11. The van der Waals surface area contributed by atoms with E-state index in [9.17, 15) is 0 Å². The van der Waals surface area contributed by atoms with E-state index in [4.69, 9.17) is 14.2 Å². The fraction of sp³-hybridized carbons (Fsp3) is 0.846. The summed E-state index contributed by atoms with van der Waals surface area (Å²) in [5.41, 5.74) is 1.08. The SMILES string of the molecule is C=C(C)COCCCCOCC1CCCO1. The van der Waals surface area contributed by atoms with Crippen LogP contribution in [0.25, 0.3) is 0 Å². The van der Waals surface area contributed by atoms with E-state index in [1.54, 1.807) is 0 Å². The van der Waals surface area contributed by atoms with Crippen LogP contribution in [-0.4, -0.2) is 39.1 Å². The molecule has 0 radical (unpaired) electrons. The Morgan fingerprint density at radius 2 is 2.06 bits per heavy atom. The molecule has 16 heavy (non-hydrogen) atoms. The number of hydrogen-bond acceptors (Lipinski definition) is 3. The lowest BCUT2D eigenvalue weighted by Crippen LogP contribution is -2.14. The van der Waals surface area contributed by atoms with Crippen molar-refractivity contribution in [1.29, 1.82) is 0 Å². The predicted molar refractivity (Wildman–Crippen MR) is 64.7 cm³/mol. The second-order valence-corrected chi connectivity index (χ2v) is 4.43. The lowest BCUT2D eigenvalue weighted by molar-refractivity contribution is 0.0145. The first-order valence-corrected chi connectivity index (χ1v) is 6.20. The minimum absolute atomic E-state index is 0.347. The molecule has 0 aromatic heterocycles. The second-order valence-electron chi connectivity index (χ2n) is 4.43. The zero-order chi connectivity index (χ0) is 11.6. The van der Waals surface area contributed by atoms with Gasteiger partial charge in [-0.2, -0.15) is 0 Å². The Balaban J connectivity index is 1.76. The molecule has 1 aliphatic heterocycles. The summed E-state index contributed by atoms with van der Waals surface area (Å²) < 4.78 is 16.4. The van der Waals surface area contributed by atoms with E-state index in [2.05, 4.69) is 6.58 Å². The molecular formula is C13H24O3. The number of rotatable bonds is 9. The standard InChI is InChI=1S/C13H24O3/c1-12(2)10-14-7-3-4-8-15-11-13-6-5-9-16-13/h13H,1,3-11H2,2H3. The maximum absolute atomic E-state index is 5.55. The van der Waals surface area contributed by atoms with E-state index in [0.717, 1.165) is 51.3 Å². The molecule has 1 unspecified atom stereocenters. The van der Waals surface area contributed by atoms with Crippen LogP contribution in [-0.2, 0) is 14.2 Å². The van der Waals surface area contributed by atoms with Crippen molar-refractivity contribution >= 4 is 0 Å².